The van der Waals surface area contributed by atoms with E-state index in [1.54, 1.807) is 23.2 Å². The molecule has 1 aliphatic rings. The molecule has 0 fully saturated rings. The number of carbonyl (C=O) groups excluding carboxylic acids is 1. The molecule has 2 heterocycles. The molecule has 0 radical (unpaired) electrons. The Morgan fingerprint density at radius 3 is 2.89 bits per heavy atom. The number of anilines is 1. The first-order valence-electron chi connectivity index (χ1n) is 5.96. The van der Waals surface area contributed by atoms with Crippen molar-refractivity contribution in [3.63, 3.8) is 0 Å². The van der Waals surface area contributed by atoms with E-state index in [9.17, 15) is 4.79 Å². The van der Waals surface area contributed by atoms with Gasteiger partial charge in [0.15, 0.2) is 6.10 Å². The molecule has 1 amide bonds. The summed E-state index contributed by atoms with van der Waals surface area (Å²) in [6, 6.07) is 9.65. The maximum absolute atomic E-state index is 12.3. The molecule has 0 spiro atoms. The number of para-hydroxylation sites is 2. The van der Waals surface area contributed by atoms with Crippen LogP contribution < -0.4 is 9.64 Å². The number of carbonyl (C=O) groups is 1. The standard InChI is InChI=1S/C14H12BrNO2S/c1-9-14(17)16(8-13-10(15)6-7-19-13)11-4-2-3-5-12(11)18-9/h2-7,9H,8H2,1H3. The highest BCUT2D eigenvalue weighted by Crippen LogP contribution is 2.36. The maximum Gasteiger partial charge on any atom is 0.268 e. The minimum Gasteiger partial charge on any atom is -0.479 e. The highest BCUT2D eigenvalue weighted by atomic mass is 79.9. The molecule has 0 N–H and O–H groups in total. The first-order valence-corrected chi connectivity index (χ1v) is 7.63. The third kappa shape index (κ3) is 2.28. The predicted molar refractivity (Wildman–Crippen MR) is 79.7 cm³/mol. The molecule has 3 rings (SSSR count). The van der Waals surface area contributed by atoms with Crippen molar-refractivity contribution in [3.8, 4) is 5.75 Å². The van der Waals surface area contributed by atoms with Crippen LogP contribution in [-0.4, -0.2) is 12.0 Å². The van der Waals surface area contributed by atoms with Crippen molar-refractivity contribution >= 4 is 38.9 Å². The van der Waals surface area contributed by atoms with Crippen molar-refractivity contribution in [1.29, 1.82) is 0 Å². The number of ether oxygens (including phenoxy) is 1. The van der Waals surface area contributed by atoms with Crippen LogP contribution in [-0.2, 0) is 11.3 Å². The molecule has 98 valence electrons. The summed E-state index contributed by atoms with van der Waals surface area (Å²) in [4.78, 5) is 15.2. The number of hydrogen-bond acceptors (Lipinski definition) is 3. The number of halogens is 1. The van der Waals surface area contributed by atoms with Gasteiger partial charge in [-0.3, -0.25) is 4.79 Å². The fourth-order valence-corrected chi connectivity index (χ4v) is 3.57. The highest BCUT2D eigenvalue weighted by Gasteiger charge is 2.31. The minimum absolute atomic E-state index is 0.000926. The van der Waals surface area contributed by atoms with Gasteiger partial charge in [0.2, 0.25) is 0 Å². The van der Waals surface area contributed by atoms with E-state index in [1.165, 1.54) is 0 Å². The second kappa shape index (κ2) is 4.98. The summed E-state index contributed by atoms with van der Waals surface area (Å²) in [6.45, 7) is 2.36. The van der Waals surface area contributed by atoms with Crippen LogP contribution in [0.2, 0.25) is 0 Å². The van der Waals surface area contributed by atoms with E-state index < -0.39 is 6.10 Å². The molecule has 0 aliphatic carbocycles. The molecule has 1 unspecified atom stereocenters. The number of fused-ring (bicyclic) bond motifs is 1. The molecular weight excluding hydrogens is 326 g/mol. The number of nitrogens with zero attached hydrogens (tertiary/aromatic N) is 1. The first-order chi connectivity index (χ1) is 9.16. The lowest BCUT2D eigenvalue weighted by atomic mass is 10.2. The second-order valence-corrected chi connectivity index (χ2v) is 6.20. The molecule has 5 heteroatoms. The molecular formula is C14H12BrNO2S. The normalized spacial score (nSPS) is 18.1. The van der Waals surface area contributed by atoms with Crippen LogP contribution in [0.3, 0.4) is 0 Å². The van der Waals surface area contributed by atoms with Gasteiger partial charge in [0, 0.05) is 9.35 Å². The zero-order valence-electron chi connectivity index (χ0n) is 10.3. The lowest BCUT2D eigenvalue weighted by Gasteiger charge is -2.32. The first kappa shape index (κ1) is 12.7. The van der Waals surface area contributed by atoms with Crippen molar-refractivity contribution in [2.75, 3.05) is 4.90 Å². The van der Waals surface area contributed by atoms with Crippen molar-refractivity contribution in [3.05, 3.63) is 45.1 Å². The minimum atomic E-state index is -0.436. The van der Waals surface area contributed by atoms with Crippen LogP contribution in [0.4, 0.5) is 5.69 Å². The molecule has 19 heavy (non-hydrogen) atoms. The Morgan fingerprint density at radius 1 is 1.37 bits per heavy atom. The van der Waals surface area contributed by atoms with Crippen LogP contribution in [0, 0.1) is 0 Å². The van der Waals surface area contributed by atoms with E-state index in [0.29, 0.717) is 6.54 Å². The number of benzene rings is 1. The van der Waals surface area contributed by atoms with Crippen LogP contribution in [0.25, 0.3) is 0 Å². The average molecular weight is 338 g/mol. The third-order valence-electron chi connectivity index (χ3n) is 3.07. The fourth-order valence-electron chi connectivity index (χ4n) is 2.10. The van der Waals surface area contributed by atoms with Gasteiger partial charge in [0.1, 0.15) is 5.75 Å². The molecule has 1 aromatic heterocycles. The highest BCUT2D eigenvalue weighted by molar-refractivity contribution is 9.10. The summed E-state index contributed by atoms with van der Waals surface area (Å²) in [5.74, 6) is 0.765. The fraction of sp³-hybridized carbons (Fsp3) is 0.214. The largest absolute Gasteiger partial charge is 0.479 e. The lowest BCUT2D eigenvalue weighted by Crippen LogP contribution is -2.43. The van der Waals surface area contributed by atoms with E-state index in [-0.39, 0.29) is 5.91 Å². The number of amides is 1. The maximum atomic E-state index is 12.3. The van der Waals surface area contributed by atoms with Crippen LogP contribution in [0.5, 0.6) is 5.75 Å². The molecule has 0 saturated carbocycles. The Hall–Kier alpha value is -1.33. The average Bonchev–Trinajstić information content (AvgIpc) is 2.80. The summed E-state index contributed by atoms with van der Waals surface area (Å²) >= 11 is 5.15. The number of thiophene rings is 1. The van der Waals surface area contributed by atoms with Gasteiger partial charge < -0.3 is 9.64 Å². The van der Waals surface area contributed by atoms with Crippen LogP contribution >= 0.6 is 27.3 Å². The zero-order valence-corrected chi connectivity index (χ0v) is 12.7. The number of rotatable bonds is 2. The smallest absolute Gasteiger partial charge is 0.268 e. The Labute approximate surface area is 123 Å². The summed E-state index contributed by atoms with van der Waals surface area (Å²) in [7, 11) is 0. The second-order valence-electron chi connectivity index (χ2n) is 4.34. The molecule has 2 aromatic rings. The van der Waals surface area contributed by atoms with E-state index >= 15 is 0 Å². The van der Waals surface area contributed by atoms with Gasteiger partial charge in [0.05, 0.1) is 12.2 Å². The summed E-state index contributed by atoms with van der Waals surface area (Å²) in [6.07, 6.45) is -0.436. The van der Waals surface area contributed by atoms with Crippen LogP contribution in [0.15, 0.2) is 40.2 Å². The number of hydrogen-bond donors (Lipinski definition) is 0. The van der Waals surface area contributed by atoms with Crippen molar-refractivity contribution in [2.24, 2.45) is 0 Å². The molecule has 0 saturated heterocycles. The lowest BCUT2D eigenvalue weighted by molar-refractivity contribution is -0.125. The summed E-state index contributed by atoms with van der Waals surface area (Å²) in [5, 5.41) is 2.01. The van der Waals surface area contributed by atoms with Gasteiger partial charge in [-0.2, -0.15) is 0 Å². The van der Waals surface area contributed by atoms with E-state index in [0.717, 1.165) is 20.8 Å². The van der Waals surface area contributed by atoms with E-state index in [4.69, 9.17) is 4.74 Å². The van der Waals surface area contributed by atoms with Crippen molar-refractivity contribution in [1.82, 2.24) is 0 Å². The Morgan fingerprint density at radius 2 is 2.16 bits per heavy atom. The van der Waals surface area contributed by atoms with E-state index in [2.05, 4.69) is 15.9 Å². The summed E-state index contributed by atoms with van der Waals surface area (Å²) in [5.41, 5.74) is 0.839. The molecule has 1 atom stereocenters. The topological polar surface area (TPSA) is 29.5 Å². The van der Waals surface area contributed by atoms with E-state index in [1.807, 2.05) is 35.7 Å². The van der Waals surface area contributed by atoms with Crippen LogP contribution in [0.1, 0.15) is 11.8 Å². The molecule has 3 nitrogen and oxygen atoms in total. The quantitative estimate of drug-likeness (QED) is 0.833. The Bertz CT molecular complexity index is 625. The van der Waals surface area contributed by atoms with Gasteiger partial charge in [-0.1, -0.05) is 12.1 Å². The van der Waals surface area contributed by atoms with Crippen molar-refractivity contribution < 1.29 is 9.53 Å². The van der Waals surface area contributed by atoms with Gasteiger partial charge in [-0.15, -0.1) is 11.3 Å². The summed E-state index contributed by atoms with van der Waals surface area (Å²) < 4.78 is 6.67. The van der Waals surface area contributed by atoms with Gasteiger partial charge in [-0.25, -0.2) is 0 Å². The molecule has 1 aromatic carbocycles. The van der Waals surface area contributed by atoms with Crippen molar-refractivity contribution in [2.45, 2.75) is 19.6 Å². The predicted octanol–water partition coefficient (Wildman–Crippen LogP) is 3.82. The van der Waals surface area contributed by atoms with Gasteiger partial charge >= 0.3 is 0 Å². The SMILES string of the molecule is CC1Oc2ccccc2N(Cc2sccc2Br)C1=O. The third-order valence-corrected chi connectivity index (χ3v) is 4.98. The monoisotopic (exact) mass is 337 g/mol. The van der Waals surface area contributed by atoms with Gasteiger partial charge in [-0.05, 0) is 46.4 Å². The molecule has 1 aliphatic heterocycles. The Kier molecular flexibility index (Phi) is 3.33. The zero-order chi connectivity index (χ0) is 13.4. The molecule has 0 bridgehead atoms. The Balaban J connectivity index is 1.99. The van der Waals surface area contributed by atoms with Gasteiger partial charge in [0.25, 0.3) is 5.91 Å².